The normalized spacial score (nSPS) is 11.6. The monoisotopic (exact) mass is 251 g/mol. The second-order valence-corrected chi connectivity index (χ2v) is 5.15. The van der Waals surface area contributed by atoms with E-state index in [1.165, 1.54) is 11.1 Å². The summed E-state index contributed by atoms with van der Waals surface area (Å²) in [5, 5.41) is 5.24. The zero-order valence-electron chi connectivity index (χ0n) is 10.5. The molecular weight excluding hydrogens is 234 g/mol. The van der Waals surface area contributed by atoms with Crippen molar-refractivity contribution < 1.29 is 4.42 Å². The van der Waals surface area contributed by atoms with E-state index in [9.17, 15) is 0 Å². The Morgan fingerprint density at radius 2 is 2.12 bits per heavy atom. The lowest BCUT2D eigenvalue weighted by Gasteiger charge is -2.06. The summed E-state index contributed by atoms with van der Waals surface area (Å²) < 4.78 is 5.53. The summed E-state index contributed by atoms with van der Waals surface area (Å²) in [4.78, 5) is 0. The van der Waals surface area contributed by atoms with Crippen LogP contribution >= 0.6 is 11.6 Å². The van der Waals surface area contributed by atoms with E-state index in [-0.39, 0.29) is 0 Å². The maximum Gasteiger partial charge on any atom is 0.152 e. The lowest BCUT2D eigenvalue weighted by molar-refractivity contribution is 0.580. The lowest BCUT2D eigenvalue weighted by atomic mass is 10.1. The molecule has 0 saturated carbocycles. The van der Waals surface area contributed by atoms with Gasteiger partial charge in [0.05, 0.1) is 11.3 Å². The Kier molecular flexibility index (Phi) is 3.75. The molecule has 1 aromatic carbocycles. The quantitative estimate of drug-likeness (QED) is 0.891. The average molecular weight is 252 g/mol. The van der Waals surface area contributed by atoms with Crippen molar-refractivity contribution in [1.82, 2.24) is 5.32 Å². The largest absolute Gasteiger partial charge is 0.462 e. The summed E-state index contributed by atoms with van der Waals surface area (Å²) in [6.07, 6.45) is 2.78. The summed E-state index contributed by atoms with van der Waals surface area (Å²) in [5.41, 5.74) is 3.19. The van der Waals surface area contributed by atoms with E-state index in [4.69, 9.17) is 16.0 Å². The highest BCUT2D eigenvalue weighted by Crippen LogP contribution is 2.29. The number of hydrogen-bond donors (Lipinski definition) is 1. The zero-order chi connectivity index (χ0) is 12.4. The first-order valence-electron chi connectivity index (χ1n) is 5.97. The summed E-state index contributed by atoms with van der Waals surface area (Å²) in [5.74, 6) is 0. The molecule has 1 heterocycles. The van der Waals surface area contributed by atoms with Crippen LogP contribution in [0.15, 0.2) is 22.8 Å². The topological polar surface area (TPSA) is 25.2 Å². The highest BCUT2D eigenvalue weighted by Gasteiger charge is 2.09. The molecule has 0 aliphatic heterocycles. The highest BCUT2D eigenvalue weighted by molar-refractivity contribution is 6.35. The molecule has 0 aliphatic carbocycles. The third-order valence-electron chi connectivity index (χ3n) is 2.80. The SMILES string of the molecule is Cc1cc(Cl)c2occ(CCNC(C)C)c2c1. The highest BCUT2D eigenvalue weighted by atomic mass is 35.5. The summed E-state index contributed by atoms with van der Waals surface area (Å²) in [6.45, 7) is 7.30. The van der Waals surface area contributed by atoms with Crippen molar-refractivity contribution in [2.24, 2.45) is 0 Å². The van der Waals surface area contributed by atoms with E-state index in [1.807, 2.05) is 12.3 Å². The number of hydrogen-bond acceptors (Lipinski definition) is 2. The number of benzene rings is 1. The molecule has 2 rings (SSSR count). The molecule has 0 spiro atoms. The number of fused-ring (bicyclic) bond motifs is 1. The van der Waals surface area contributed by atoms with Crippen LogP contribution in [0.25, 0.3) is 11.0 Å². The van der Waals surface area contributed by atoms with Crippen molar-refractivity contribution in [3.63, 3.8) is 0 Å². The van der Waals surface area contributed by atoms with Crippen LogP contribution in [0.3, 0.4) is 0 Å². The first-order valence-corrected chi connectivity index (χ1v) is 6.35. The minimum Gasteiger partial charge on any atom is -0.462 e. The van der Waals surface area contributed by atoms with Crippen molar-refractivity contribution in [3.8, 4) is 0 Å². The second-order valence-electron chi connectivity index (χ2n) is 4.74. The van der Waals surface area contributed by atoms with Crippen LogP contribution in [0, 0.1) is 6.92 Å². The Labute approximate surface area is 107 Å². The molecule has 92 valence electrons. The van der Waals surface area contributed by atoms with E-state index in [1.54, 1.807) is 0 Å². The van der Waals surface area contributed by atoms with Crippen molar-refractivity contribution in [1.29, 1.82) is 0 Å². The van der Waals surface area contributed by atoms with Gasteiger partial charge in [0.1, 0.15) is 0 Å². The molecule has 3 heteroatoms. The molecule has 0 aliphatic rings. The molecule has 0 radical (unpaired) electrons. The van der Waals surface area contributed by atoms with Crippen molar-refractivity contribution in [3.05, 3.63) is 34.5 Å². The van der Waals surface area contributed by atoms with E-state index in [0.29, 0.717) is 11.1 Å². The Morgan fingerprint density at radius 3 is 2.82 bits per heavy atom. The molecule has 0 amide bonds. The molecule has 17 heavy (non-hydrogen) atoms. The van der Waals surface area contributed by atoms with E-state index in [0.717, 1.165) is 23.9 Å². The molecule has 0 saturated heterocycles. The number of rotatable bonds is 4. The first-order chi connectivity index (χ1) is 8.08. The van der Waals surface area contributed by atoms with Crippen LogP contribution < -0.4 is 5.32 Å². The molecule has 1 N–H and O–H groups in total. The van der Waals surface area contributed by atoms with Gasteiger partial charge in [-0.2, -0.15) is 0 Å². The number of nitrogens with one attached hydrogen (secondary N) is 1. The van der Waals surface area contributed by atoms with Gasteiger partial charge in [0.2, 0.25) is 0 Å². The first kappa shape index (κ1) is 12.5. The van der Waals surface area contributed by atoms with Gasteiger partial charge in [0.15, 0.2) is 5.58 Å². The summed E-state index contributed by atoms with van der Waals surface area (Å²) in [7, 11) is 0. The van der Waals surface area contributed by atoms with Gasteiger partial charge in [-0.3, -0.25) is 0 Å². The Hall–Kier alpha value is -0.990. The van der Waals surface area contributed by atoms with Gasteiger partial charge in [0.25, 0.3) is 0 Å². The van der Waals surface area contributed by atoms with Crippen LogP contribution in [-0.2, 0) is 6.42 Å². The van der Waals surface area contributed by atoms with E-state index >= 15 is 0 Å². The molecule has 2 nitrogen and oxygen atoms in total. The van der Waals surface area contributed by atoms with Gasteiger partial charge in [-0.05, 0) is 43.1 Å². The minimum absolute atomic E-state index is 0.512. The number of halogens is 1. The van der Waals surface area contributed by atoms with Gasteiger partial charge >= 0.3 is 0 Å². The average Bonchev–Trinajstić information content (AvgIpc) is 2.61. The fourth-order valence-corrected chi connectivity index (χ4v) is 2.29. The molecule has 0 unspecified atom stereocenters. The predicted molar refractivity (Wildman–Crippen MR) is 72.8 cm³/mol. The van der Waals surface area contributed by atoms with Crippen molar-refractivity contribution in [2.45, 2.75) is 33.2 Å². The van der Waals surface area contributed by atoms with Gasteiger partial charge in [-0.25, -0.2) is 0 Å². The third kappa shape index (κ3) is 2.82. The molecular formula is C14H18ClNO. The standard InChI is InChI=1S/C14H18ClNO/c1-9(2)16-5-4-11-8-17-14-12(11)6-10(3)7-13(14)15/h6-9,16H,4-5H2,1-3H3. The molecule has 1 aromatic heterocycles. The Balaban J connectivity index is 2.23. The summed E-state index contributed by atoms with van der Waals surface area (Å²) in [6, 6.07) is 4.58. The van der Waals surface area contributed by atoms with Crippen LogP contribution in [0.4, 0.5) is 0 Å². The maximum absolute atomic E-state index is 6.15. The lowest BCUT2D eigenvalue weighted by Crippen LogP contribution is -2.24. The Bertz CT molecular complexity index is 516. The fourth-order valence-electron chi connectivity index (χ4n) is 1.97. The molecule has 2 aromatic rings. The van der Waals surface area contributed by atoms with E-state index in [2.05, 4.69) is 32.2 Å². The maximum atomic E-state index is 6.15. The zero-order valence-corrected chi connectivity index (χ0v) is 11.3. The third-order valence-corrected chi connectivity index (χ3v) is 3.08. The molecule has 0 bridgehead atoms. The molecule has 0 atom stereocenters. The second kappa shape index (κ2) is 5.11. The minimum atomic E-state index is 0.512. The van der Waals surface area contributed by atoms with Crippen LogP contribution in [-0.4, -0.2) is 12.6 Å². The van der Waals surface area contributed by atoms with Crippen LogP contribution in [0.2, 0.25) is 5.02 Å². The summed E-state index contributed by atoms with van der Waals surface area (Å²) >= 11 is 6.15. The van der Waals surface area contributed by atoms with Gasteiger partial charge in [-0.15, -0.1) is 0 Å². The molecule has 0 fully saturated rings. The van der Waals surface area contributed by atoms with Crippen LogP contribution in [0.5, 0.6) is 0 Å². The van der Waals surface area contributed by atoms with Gasteiger partial charge < -0.3 is 9.73 Å². The van der Waals surface area contributed by atoms with Crippen molar-refractivity contribution in [2.75, 3.05) is 6.54 Å². The van der Waals surface area contributed by atoms with Crippen molar-refractivity contribution >= 4 is 22.6 Å². The number of furan rings is 1. The van der Waals surface area contributed by atoms with E-state index < -0.39 is 0 Å². The number of aryl methyl sites for hydroxylation is 1. The van der Waals surface area contributed by atoms with Gasteiger partial charge in [-0.1, -0.05) is 25.4 Å². The van der Waals surface area contributed by atoms with Crippen LogP contribution in [0.1, 0.15) is 25.0 Å². The van der Waals surface area contributed by atoms with Gasteiger partial charge in [0, 0.05) is 11.4 Å². The predicted octanol–water partition coefficient (Wildman–Crippen LogP) is 3.94. The fraction of sp³-hybridized carbons (Fsp3) is 0.429. The Morgan fingerprint density at radius 1 is 1.35 bits per heavy atom. The smallest absolute Gasteiger partial charge is 0.152 e.